The standard InChI is InChI=1S/C16H27N3/c1-14(2)19-10-8-16(13-17,9-11-19)18-12-15-6-4-3-5-7-15/h3-7,14,18H,8-13,17H2,1-2H3. The zero-order valence-electron chi connectivity index (χ0n) is 12.2. The monoisotopic (exact) mass is 261 g/mol. The minimum atomic E-state index is 0.126. The maximum absolute atomic E-state index is 6.04. The van der Waals surface area contributed by atoms with Gasteiger partial charge in [-0.15, -0.1) is 0 Å². The largest absolute Gasteiger partial charge is 0.329 e. The highest BCUT2D eigenvalue weighted by Crippen LogP contribution is 2.23. The van der Waals surface area contributed by atoms with Gasteiger partial charge in [-0.1, -0.05) is 30.3 Å². The molecule has 0 atom stereocenters. The van der Waals surface area contributed by atoms with Crippen LogP contribution in [0.1, 0.15) is 32.3 Å². The van der Waals surface area contributed by atoms with Crippen molar-refractivity contribution in [3.63, 3.8) is 0 Å². The number of nitrogens with two attached hydrogens (primary N) is 1. The van der Waals surface area contributed by atoms with E-state index in [1.54, 1.807) is 0 Å². The molecule has 0 unspecified atom stereocenters. The van der Waals surface area contributed by atoms with Crippen LogP contribution in [0.25, 0.3) is 0 Å². The van der Waals surface area contributed by atoms with E-state index in [0.29, 0.717) is 6.04 Å². The molecule has 1 fully saturated rings. The summed E-state index contributed by atoms with van der Waals surface area (Å²) in [6.07, 6.45) is 2.29. The van der Waals surface area contributed by atoms with Gasteiger partial charge in [0.05, 0.1) is 0 Å². The molecule has 1 aromatic rings. The molecule has 1 aromatic carbocycles. The Morgan fingerprint density at radius 2 is 1.84 bits per heavy atom. The molecule has 3 N–H and O–H groups in total. The summed E-state index contributed by atoms with van der Waals surface area (Å²) >= 11 is 0. The van der Waals surface area contributed by atoms with Gasteiger partial charge in [-0.25, -0.2) is 0 Å². The average molecular weight is 261 g/mol. The van der Waals surface area contributed by atoms with Crippen LogP contribution < -0.4 is 11.1 Å². The van der Waals surface area contributed by atoms with E-state index < -0.39 is 0 Å². The number of hydrogen-bond donors (Lipinski definition) is 2. The van der Waals surface area contributed by atoms with Gasteiger partial charge >= 0.3 is 0 Å². The third kappa shape index (κ3) is 3.78. The number of nitrogens with one attached hydrogen (secondary N) is 1. The summed E-state index contributed by atoms with van der Waals surface area (Å²) in [7, 11) is 0. The Kier molecular flexibility index (Phi) is 4.97. The molecule has 0 saturated carbocycles. The van der Waals surface area contributed by atoms with Crippen LogP contribution in [0, 0.1) is 0 Å². The molecule has 2 rings (SSSR count). The maximum Gasteiger partial charge on any atom is 0.0331 e. The molecule has 106 valence electrons. The highest BCUT2D eigenvalue weighted by molar-refractivity contribution is 5.15. The third-order valence-electron chi connectivity index (χ3n) is 4.39. The van der Waals surface area contributed by atoms with Crippen LogP contribution in [-0.4, -0.2) is 36.1 Å². The number of nitrogens with zero attached hydrogens (tertiary/aromatic N) is 1. The second-order valence-corrected chi connectivity index (χ2v) is 5.95. The van der Waals surface area contributed by atoms with Crippen molar-refractivity contribution in [2.24, 2.45) is 5.73 Å². The summed E-state index contributed by atoms with van der Waals surface area (Å²) in [5.41, 5.74) is 7.50. The van der Waals surface area contributed by atoms with Gasteiger partial charge in [-0.2, -0.15) is 0 Å². The second-order valence-electron chi connectivity index (χ2n) is 5.95. The highest BCUT2D eigenvalue weighted by atomic mass is 15.2. The predicted octanol–water partition coefficient (Wildman–Crippen LogP) is 1.98. The van der Waals surface area contributed by atoms with Gasteiger partial charge < -0.3 is 16.0 Å². The van der Waals surface area contributed by atoms with Crippen molar-refractivity contribution in [3.05, 3.63) is 35.9 Å². The summed E-state index contributed by atoms with van der Waals surface area (Å²) in [6.45, 7) is 8.48. The third-order valence-corrected chi connectivity index (χ3v) is 4.39. The fraction of sp³-hybridized carbons (Fsp3) is 0.625. The van der Waals surface area contributed by atoms with Crippen LogP contribution in [-0.2, 0) is 6.54 Å². The molecule has 19 heavy (non-hydrogen) atoms. The van der Waals surface area contributed by atoms with E-state index in [2.05, 4.69) is 54.4 Å². The van der Waals surface area contributed by atoms with Crippen molar-refractivity contribution < 1.29 is 0 Å². The Labute approximate surface area is 117 Å². The normalized spacial score (nSPS) is 19.8. The SMILES string of the molecule is CC(C)N1CCC(CN)(NCc2ccccc2)CC1. The van der Waals surface area contributed by atoms with Gasteiger partial charge in [0, 0.05) is 37.8 Å². The van der Waals surface area contributed by atoms with E-state index in [4.69, 9.17) is 5.73 Å². The minimum absolute atomic E-state index is 0.126. The summed E-state index contributed by atoms with van der Waals surface area (Å²) in [4.78, 5) is 2.54. The van der Waals surface area contributed by atoms with Crippen molar-refractivity contribution in [2.75, 3.05) is 19.6 Å². The molecular formula is C16H27N3. The van der Waals surface area contributed by atoms with Crippen LogP contribution >= 0.6 is 0 Å². The fourth-order valence-corrected chi connectivity index (χ4v) is 2.81. The van der Waals surface area contributed by atoms with Crippen LogP contribution in [0.15, 0.2) is 30.3 Å². The molecule has 0 radical (unpaired) electrons. The quantitative estimate of drug-likeness (QED) is 0.851. The van der Waals surface area contributed by atoms with Gasteiger partial charge in [-0.3, -0.25) is 0 Å². The molecule has 0 aromatic heterocycles. The first-order chi connectivity index (χ1) is 9.15. The van der Waals surface area contributed by atoms with E-state index in [9.17, 15) is 0 Å². The highest BCUT2D eigenvalue weighted by Gasteiger charge is 2.33. The topological polar surface area (TPSA) is 41.3 Å². The molecule has 3 heteroatoms. The summed E-state index contributed by atoms with van der Waals surface area (Å²) in [6, 6.07) is 11.2. The lowest BCUT2D eigenvalue weighted by molar-refractivity contribution is 0.113. The lowest BCUT2D eigenvalue weighted by atomic mass is 9.86. The molecule has 1 saturated heterocycles. The van der Waals surface area contributed by atoms with E-state index in [0.717, 1.165) is 39.0 Å². The number of piperidine rings is 1. The van der Waals surface area contributed by atoms with E-state index >= 15 is 0 Å². The zero-order chi connectivity index (χ0) is 13.7. The van der Waals surface area contributed by atoms with Crippen LogP contribution in [0.2, 0.25) is 0 Å². The average Bonchev–Trinajstić information content (AvgIpc) is 2.46. The van der Waals surface area contributed by atoms with E-state index in [1.165, 1.54) is 5.56 Å². The number of rotatable bonds is 5. The summed E-state index contributed by atoms with van der Waals surface area (Å²) in [5, 5.41) is 3.71. The van der Waals surface area contributed by atoms with Crippen LogP contribution in [0.3, 0.4) is 0 Å². The molecule has 3 nitrogen and oxygen atoms in total. The Morgan fingerprint density at radius 3 is 2.37 bits per heavy atom. The Balaban J connectivity index is 1.90. The first-order valence-electron chi connectivity index (χ1n) is 7.38. The van der Waals surface area contributed by atoms with Gasteiger partial charge in [-0.05, 0) is 32.3 Å². The van der Waals surface area contributed by atoms with E-state index in [1.807, 2.05) is 0 Å². The summed E-state index contributed by atoms with van der Waals surface area (Å²) < 4.78 is 0. The zero-order valence-corrected chi connectivity index (χ0v) is 12.2. The second kappa shape index (κ2) is 6.51. The number of likely N-dealkylation sites (tertiary alicyclic amines) is 1. The fourth-order valence-electron chi connectivity index (χ4n) is 2.81. The van der Waals surface area contributed by atoms with Crippen molar-refractivity contribution in [1.82, 2.24) is 10.2 Å². The maximum atomic E-state index is 6.04. The van der Waals surface area contributed by atoms with Gasteiger partial charge in [0.2, 0.25) is 0 Å². The van der Waals surface area contributed by atoms with Crippen molar-refractivity contribution >= 4 is 0 Å². The smallest absolute Gasteiger partial charge is 0.0331 e. The molecule has 0 bridgehead atoms. The summed E-state index contributed by atoms with van der Waals surface area (Å²) in [5.74, 6) is 0. The first-order valence-corrected chi connectivity index (χ1v) is 7.38. The molecule has 1 heterocycles. The Hall–Kier alpha value is -0.900. The first kappa shape index (κ1) is 14.5. The molecule has 0 spiro atoms. The predicted molar refractivity (Wildman–Crippen MR) is 81.0 cm³/mol. The Bertz CT molecular complexity index is 367. The van der Waals surface area contributed by atoms with Crippen LogP contribution in [0.5, 0.6) is 0 Å². The van der Waals surface area contributed by atoms with Crippen molar-refractivity contribution in [2.45, 2.75) is 44.8 Å². The van der Waals surface area contributed by atoms with Crippen molar-refractivity contribution in [1.29, 1.82) is 0 Å². The molecule has 1 aliphatic heterocycles. The molecule has 0 aliphatic carbocycles. The number of hydrogen-bond acceptors (Lipinski definition) is 3. The van der Waals surface area contributed by atoms with E-state index in [-0.39, 0.29) is 5.54 Å². The minimum Gasteiger partial charge on any atom is -0.329 e. The lowest BCUT2D eigenvalue weighted by Gasteiger charge is -2.43. The van der Waals surface area contributed by atoms with Gasteiger partial charge in [0.15, 0.2) is 0 Å². The van der Waals surface area contributed by atoms with Gasteiger partial charge in [0.25, 0.3) is 0 Å². The van der Waals surface area contributed by atoms with Gasteiger partial charge in [0.1, 0.15) is 0 Å². The number of benzene rings is 1. The molecule has 0 amide bonds. The van der Waals surface area contributed by atoms with Crippen LogP contribution in [0.4, 0.5) is 0 Å². The lowest BCUT2D eigenvalue weighted by Crippen LogP contribution is -2.58. The Morgan fingerprint density at radius 1 is 1.21 bits per heavy atom. The molecule has 1 aliphatic rings. The molecular weight excluding hydrogens is 234 g/mol. The van der Waals surface area contributed by atoms with Crippen molar-refractivity contribution in [3.8, 4) is 0 Å².